The lowest BCUT2D eigenvalue weighted by Gasteiger charge is -2.08. The zero-order valence-electron chi connectivity index (χ0n) is 17.5. The maximum atomic E-state index is 12.8. The van der Waals surface area contributed by atoms with Crippen molar-refractivity contribution in [2.24, 2.45) is 0 Å². The Kier molecular flexibility index (Phi) is 5.49. The van der Waals surface area contributed by atoms with Crippen LogP contribution in [-0.4, -0.2) is 20.4 Å². The highest BCUT2D eigenvalue weighted by molar-refractivity contribution is 7.21. The number of nitrogens with zero attached hydrogens (tertiary/aromatic N) is 2. The van der Waals surface area contributed by atoms with Gasteiger partial charge in [0.15, 0.2) is 0 Å². The maximum absolute atomic E-state index is 12.8. The third-order valence-electron chi connectivity index (χ3n) is 5.13. The van der Waals surface area contributed by atoms with E-state index in [2.05, 4.69) is 28.3 Å². The summed E-state index contributed by atoms with van der Waals surface area (Å²) in [6.45, 7) is 2.17. The molecule has 33 heavy (non-hydrogen) atoms. The number of hydrogen-bond donors (Lipinski definition) is 2. The van der Waals surface area contributed by atoms with E-state index in [0.29, 0.717) is 5.69 Å². The average Bonchev–Trinajstić information content (AvgIpc) is 3.46. The summed E-state index contributed by atoms with van der Waals surface area (Å²) in [7, 11) is 0. The van der Waals surface area contributed by atoms with Crippen molar-refractivity contribution >= 4 is 44.5 Å². The fourth-order valence-electron chi connectivity index (χ4n) is 3.43. The Morgan fingerprint density at radius 2 is 1.94 bits per heavy atom. The van der Waals surface area contributed by atoms with E-state index < -0.39 is 17.2 Å². The van der Waals surface area contributed by atoms with E-state index >= 15 is 0 Å². The summed E-state index contributed by atoms with van der Waals surface area (Å²) < 4.78 is 2.15. The van der Waals surface area contributed by atoms with Crippen LogP contribution >= 0.6 is 22.7 Å². The standard InChI is InChI=1S/C24H18N4O3S2/c1-14-4-9-19-20(11-14)33-22(27-19)15-5-7-16(8-6-15)26-21(29)18-12-25-24(31)28(23(18)30)13-17-3-2-10-32-17/h2-12H,13H2,1H3,(H,25,31)(H,26,29). The van der Waals surface area contributed by atoms with Crippen molar-refractivity contribution in [2.75, 3.05) is 5.32 Å². The van der Waals surface area contributed by atoms with Crippen molar-refractivity contribution in [3.8, 4) is 10.6 Å². The van der Waals surface area contributed by atoms with E-state index in [1.54, 1.807) is 23.5 Å². The number of fused-ring (bicyclic) bond motifs is 1. The fourth-order valence-corrected chi connectivity index (χ4v) is 5.19. The predicted octanol–water partition coefficient (Wildman–Crippen LogP) is 4.48. The number of aromatic nitrogens is 3. The van der Waals surface area contributed by atoms with Crippen LogP contribution in [0, 0.1) is 6.92 Å². The number of thiophene rings is 1. The van der Waals surface area contributed by atoms with Gasteiger partial charge in [0.1, 0.15) is 10.6 Å². The lowest BCUT2D eigenvalue weighted by molar-refractivity contribution is 0.102. The number of anilines is 1. The summed E-state index contributed by atoms with van der Waals surface area (Å²) in [4.78, 5) is 45.7. The lowest BCUT2D eigenvalue weighted by atomic mass is 10.2. The SMILES string of the molecule is Cc1ccc2nc(-c3ccc(NC(=O)c4c[nH]c(=O)n(Cc5cccs5)c4=O)cc3)sc2c1. The zero-order chi connectivity index (χ0) is 22.9. The molecule has 1 amide bonds. The first-order valence-corrected chi connectivity index (χ1v) is 11.8. The van der Waals surface area contributed by atoms with Gasteiger partial charge in [-0.2, -0.15) is 0 Å². The Morgan fingerprint density at radius 1 is 1.12 bits per heavy atom. The van der Waals surface area contributed by atoms with Gasteiger partial charge in [0, 0.05) is 22.3 Å². The topological polar surface area (TPSA) is 96.8 Å². The van der Waals surface area contributed by atoms with Crippen LogP contribution in [-0.2, 0) is 6.54 Å². The van der Waals surface area contributed by atoms with Crippen LogP contribution in [0.5, 0.6) is 0 Å². The Labute approximate surface area is 196 Å². The number of hydrogen-bond acceptors (Lipinski definition) is 6. The molecule has 0 atom stereocenters. The quantitative estimate of drug-likeness (QED) is 0.392. The molecule has 0 bridgehead atoms. The minimum absolute atomic E-state index is 0.114. The normalized spacial score (nSPS) is 11.1. The van der Waals surface area contributed by atoms with Crippen LogP contribution in [0.2, 0.25) is 0 Å². The summed E-state index contributed by atoms with van der Waals surface area (Å²) in [6.07, 6.45) is 1.16. The lowest BCUT2D eigenvalue weighted by Crippen LogP contribution is -2.39. The molecule has 2 N–H and O–H groups in total. The van der Waals surface area contributed by atoms with Gasteiger partial charge >= 0.3 is 5.69 Å². The molecule has 3 aromatic heterocycles. The zero-order valence-corrected chi connectivity index (χ0v) is 19.1. The first kappa shape index (κ1) is 21.0. The molecule has 164 valence electrons. The Hall–Kier alpha value is -3.82. The average molecular weight is 475 g/mol. The van der Waals surface area contributed by atoms with E-state index in [1.807, 2.05) is 41.8 Å². The summed E-state index contributed by atoms with van der Waals surface area (Å²) >= 11 is 3.05. The highest BCUT2D eigenvalue weighted by Crippen LogP contribution is 2.31. The molecule has 0 aliphatic rings. The third kappa shape index (κ3) is 4.28. The van der Waals surface area contributed by atoms with Gasteiger partial charge in [0.2, 0.25) is 0 Å². The monoisotopic (exact) mass is 474 g/mol. The molecule has 0 saturated heterocycles. The number of H-pyrrole nitrogens is 1. The van der Waals surface area contributed by atoms with Gasteiger partial charge < -0.3 is 10.3 Å². The van der Waals surface area contributed by atoms with Crippen molar-refractivity contribution in [3.63, 3.8) is 0 Å². The van der Waals surface area contributed by atoms with E-state index in [4.69, 9.17) is 0 Å². The number of carbonyl (C=O) groups is 1. The van der Waals surface area contributed by atoms with Crippen LogP contribution in [0.4, 0.5) is 5.69 Å². The smallest absolute Gasteiger partial charge is 0.322 e. The molecular formula is C24H18N4O3S2. The number of rotatable bonds is 5. The van der Waals surface area contributed by atoms with Crippen LogP contribution in [0.25, 0.3) is 20.8 Å². The van der Waals surface area contributed by atoms with Gasteiger partial charge in [0.05, 0.1) is 16.8 Å². The molecule has 0 aliphatic carbocycles. The highest BCUT2D eigenvalue weighted by Gasteiger charge is 2.16. The molecule has 2 aromatic carbocycles. The number of amides is 1. The minimum atomic E-state index is -0.633. The summed E-state index contributed by atoms with van der Waals surface area (Å²) in [5.74, 6) is -0.584. The molecular weight excluding hydrogens is 456 g/mol. The van der Waals surface area contributed by atoms with Gasteiger partial charge in [-0.15, -0.1) is 22.7 Å². The van der Waals surface area contributed by atoms with Gasteiger partial charge in [-0.3, -0.25) is 14.2 Å². The van der Waals surface area contributed by atoms with E-state index in [9.17, 15) is 14.4 Å². The summed E-state index contributed by atoms with van der Waals surface area (Å²) in [5, 5.41) is 5.49. The Balaban J connectivity index is 1.37. The second-order valence-corrected chi connectivity index (χ2v) is 9.56. The summed E-state index contributed by atoms with van der Waals surface area (Å²) in [6, 6.07) is 17.1. The molecule has 9 heteroatoms. The van der Waals surface area contributed by atoms with Crippen molar-refractivity contribution in [2.45, 2.75) is 13.5 Å². The number of aromatic amines is 1. The molecule has 0 fully saturated rings. The molecule has 0 radical (unpaired) electrons. The van der Waals surface area contributed by atoms with Gasteiger partial charge in [-0.1, -0.05) is 12.1 Å². The Bertz CT molecular complexity index is 1580. The molecule has 0 unspecified atom stereocenters. The predicted molar refractivity (Wildman–Crippen MR) is 132 cm³/mol. The molecule has 0 saturated carbocycles. The summed E-state index contributed by atoms with van der Waals surface area (Å²) in [5.41, 5.74) is 2.30. The molecule has 7 nitrogen and oxygen atoms in total. The minimum Gasteiger partial charge on any atom is -0.322 e. The molecule has 0 aliphatic heterocycles. The van der Waals surface area contributed by atoms with Crippen molar-refractivity contribution in [3.05, 3.63) is 103 Å². The number of benzene rings is 2. The van der Waals surface area contributed by atoms with Crippen molar-refractivity contribution in [1.82, 2.24) is 14.5 Å². The maximum Gasteiger partial charge on any atom is 0.328 e. The third-order valence-corrected chi connectivity index (χ3v) is 7.06. The highest BCUT2D eigenvalue weighted by atomic mass is 32.1. The number of aryl methyl sites for hydroxylation is 1. The Morgan fingerprint density at radius 3 is 2.70 bits per heavy atom. The van der Waals surface area contributed by atoms with Crippen LogP contribution in [0.3, 0.4) is 0 Å². The van der Waals surface area contributed by atoms with E-state index in [-0.39, 0.29) is 12.1 Å². The van der Waals surface area contributed by atoms with Crippen molar-refractivity contribution in [1.29, 1.82) is 0 Å². The van der Waals surface area contributed by atoms with E-state index in [0.717, 1.165) is 36.4 Å². The van der Waals surface area contributed by atoms with Gasteiger partial charge in [0.25, 0.3) is 11.5 Å². The fraction of sp³-hybridized carbons (Fsp3) is 0.0833. The molecule has 5 aromatic rings. The van der Waals surface area contributed by atoms with Crippen LogP contribution in [0.15, 0.2) is 75.8 Å². The molecule has 0 spiro atoms. The second-order valence-electron chi connectivity index (χ2n) is 7.50. The van der Waals surface area contributed by atoms with Crippen molar-refractivity contribution < 1.29 is 4.79 Å². The molecule has 3 heterocycles. The molecule has 5 rings (SSSR count). The van der Waals surface area contributed by atoms with E-state index in [1.165, 1.54) is 16.9 Å². The largest absolute Gasteiger partial charge is 0.328 e. The van der Waals surface area contributed by atoms with Crippen LogP contribution < -0.4 is 16.6 Å². The number of thiazole rings is 1. The second kappa shape index (κ2) is 8.61. The van der Waals surface area contributed by atoms with Gasteiger partial charge in [-0.05, 0) is 60.3 Å². The van der Waals surface area contributed by atoms with Crippen LogP contribution in [0.1, 0.15) is 20.8 Å². The van der Waals surface area contributed by atoms with Gasteiger partial charge in [-0.25, -0.2) is 9.78 Å². The number of nitrogens with one attached hydrogen (secondary N) is 2. The number of carbonyl (C=O) groups excluding carboxylic acids is 1. The first-order chi connectivity index (χ1) is 16.0. The first-order valence-electron chi connectivity index (χ1n) is 10.1.